The van der Waals surface area contributed by atoms with Crippen molar-refractivity contribution < 1.29 is 14.4 Å². The lowest BCUT2D eigenvalue weighted by atomic mass is 9.95. The topological polar surface area (TPSA) is 87.3 Å². The van der Waals surface area contributed by atoms with Crippen LogP contribution in [0.4, 0.5) is 0 Å². The summed E-state index contributed by atoms with van der Waals surface area (Å²) in [5.74, 6) is -1.37. The number of carbonyl (C=O) groups excluding carboxylic acids is 3. The molecule has 0 bridgehead atoms. The van der Waals surface area contributed by atoms with Crippen molar-refractivity contribution in [2.24, 2.45) is 0 Å². The minimum absolute atomic E-state index is 0.183. The average molecular weight is 498 g/mol. The first kappa shape index (κ1) is 25.3. The van der Waals surface area contributed by atoms with E-state index < -0.39 is 11.8 Å². The lowest BCUT2D eigenvalue weighted by Crippen LogP contribution is -2.43. The predicted molar refractivity (Wildman–Crippen MR) is 134 cm³/mol. The summed E-state index contributed by atoms with van der Waals surface area (Å²) in [4.78, 5) is 37.1. The second kappa shape index (κ2) is 11.7. The Morgan fingerprint density at radius 3 is 2.15 bits per heavy atom. The maximum absolute atomic E-state index is 12.6. The number of benzene rings is 3. The van der Waals surface area contributed by atoms with Crippen LogP contribution in [0.2, 0.25) is 10.0 Å². The van der Waals surface area contributed by atoms with Gasteiger partial charge in [0.15, 0.2) is 0 Å². The third-order valence-electron chi connectivity index (χ3n) is 5.33. The summed E-state index contributed by atoms with van der Waals surface area (Å²) in [6.45, 7) is 3.52. The molecule has 0 saturated heterocycles. The molecule has 6 nitrogen and oxygen atoms in total. The Hall–Kier alpha value is -3.35. The maximum atomic E-state index is 12.6. The SMILES string of the molecule is Cc1ccc([C@H](NC(=O)CNC(=O)CNC(=O)c2ccc(Cl)cc2Cl)c2ccccc2)cc1C. The molecule has 0 fully saturated rings. The van der Waals surface area contributed by atoms with Gasteiger partial charge in [-0.3, -0.25) is 14.4 Å². The van der Waals surface area contributed by atoms with Crippen LogP contribution in [0.25, 0.3) is 0 Å². The van der Waals surface area contributed by atoms with Crippen molar-refractivity contribution in [1.82, 2.24) is 16.0 Å². The number of hydrogen-bond acceptors (Lipinski definition) is 3. The van der Waals surface area contributed by atoms with Crippen LogP contribution in [-0.2, 0) is 9.59 Å². The van der Waals surface area contributed by atoms with Gasteiger partial charge in [-0.2, -0.15) is 0 Å². The standard InChI is InChI=1S/C26H25Cl2N3O3/c1-16-8-9-19(12-17(16)2)25(18-6-4-3-5-7-18)31-24(33)15-29-23(32)14-30-26(34)21-11-10-20(27)13-22(21)28/h3-13,25H,14-15H2,1-2H3,(H,29,32)(H,30,34)(H,31,33)/t25-/m1/s1. The summed E-state index contributed by atoms with van der Waals surface area (Å²) in [6, 6.07) is 19.7. The molecule has 3 aromatic carbocycles. The first-order chi connectivity index (χ1) is 16.2. The van der Waals surface area contributed by atoms with Gasteiger partial charge in [0.2, 0.25) is 11.8 Å². The Morgan fingerprint density at radius 2 is 1.47 bits per heavy atom. The first-order valence-electron chi connectivity index (χ1n) is 10.7. The van der Waals surface area contributed by atoms with Gasteiger partial charge in [0, 0.05) is 5.02 Å². The highest BCUT2D eigenvalue weighted by Gasteiger charge is 2.18. The fourth-order valence-electron chi connectivity index (χ4n) is 3.33. The molecule has 0 radical (unpaired) electrons. The van der Waals surface area contributed by atoms with Gasteiger partial charge >= 0.3 is 0 Å². The maximum Gasteiger partial charge on any atom is 0.253 e. The Kier molecular flexibility index (Phi) is 8.68. The second-order valence-corrected chi connectivity index (χ2v) is 8.68. The zero-order valence-electron chi connectivity index (χ0n) is 18.8. The van der Waals surface area contributed by atoms with Crippen LogP contribution in [-0.4, -0.2) is 30.8 Å². The van der Waals surface area contributed by atoms with Gasteiger partial charge in [0.25, 0.3) is 5.91 Å². The molecule has 0 aliphatic heterocycles. The van der Waals surface area contributed by atoms with Crippen molar-refractivity contribution in [3.63, 3.8) is 0 Å². The molecule has 0 unspecified atom stereocenters. The van der Waals surface area contributed by atoms with E-state index in [-0.39, 0.29) is 35.6 Å². The average Bonchev–Trinajstić information content (AvgIpc) is 2.82. The van der Waals surface area contributed by atoms with Gasteiger partial charge in [0.1, 0.15) is 0 Å². The van der Waals surface area contributed by atoms with Crippen LogP contribution in [0, 0.1) is 13.8 Å². The van der Waals surface area contributed by atoms with E-state index in [1.54, 1.807) is 0 Å². The fourth-order valence-corrected chi connectivity index (χ4v) is 3.83. The molecule has 0 aromatic heterocycles. The molecule has 8 heteroatoms. The molecular weight excluding hydrogens is 473 g/mol. The van der Waals surface area contributed by atoms with Crippen LogP contribution in [0.15, 0.2) is 66.7 Å². The van der Waals surface area contributed by atoms with E-state index in [4.69, 9.17) is 23.2 Å². The van der Waals surface area contributed by atoms with Crippen LogP contribution in [0.3, 0.4) is 0 Å². The minimum Gasteiger partial charge on any atom is -0.346 e. The molecule has 34 heavy (non-hydrogen) atoms. The van der Waals surface area contributed by atoms with E-state index in [2.05, 4.69) is 16.0 Å². The normalized spacial score (nSPS) is 11.4. The molecule has 1 atom stereocenters. The molecule has 0 aliphatic carbocycles. The van der Waals surface area contributed by atoms with Gasteiger partial charge in [-0.05, 0) is 54.3 Å². The minimum atomic E-state index is -0.514. The number of carbonyl (C=O) groups is 3. The van der Waals surface area contributed by atoms with E-state index in [9.17, 15) is 14.4 Å². The van der Waals surface area contributed by atoms with Gasteiger partial charge in [-0.25, -0.2) is 0 Å². The van der Waals surface area contributed by atoms with Crippen molar-refractivity contribution in [2.75, 3.05) is 13.1 Å². The number of hydrogen-bond donors (Lipinski definition) is 3. The van der Waals surface area contributed by atoms with Gasteiger partial charge in [-0.1, -0.05) is 71.7 Å². The van der Waals surface area contributed by atoms with E-state index in [0.717, 1.165) is 22.3 Å². The Labute approximate surface area is 208 Å². The van der Waals surface area contributed by atoms with Crippen LogP contribution < -0.4 is 16.0 Å². The highest BCUT2D eigenvalue weighted by molar-refractivity contribution is 6.36. The Balaban J connectivity index is 1.57. The summed E-state index contributed by atoms with van der Waals surface area (Å²) < 4.78 is 0. The molecule has 3 aromatic rings. The molecular formula is C26H25Cl2N3O3. The molecule has 0 aliphatic rings. The highest BCUT2D eigenvalue weighted by atomic mass is 35.5. The summed E-state index contributed by atoms with van der Waals surface area (Å²) in [5.41, 5.74) is 4.36. The predicted octanol–water partition coefficient (Wildman–Crippen LogP) is 4.36. The Bertz CT molecular complexity index is 1200. The summed E-state index contributed by atoms with van der Waals surface area (Å²) in [6.07, 6.45) is 0. The van der Waals surface area contributed by atoms with Crippen molar-refractivity contribution in [2.45, 2.75) is 19.9 Å². The first-order valence-corrected chi connectivity index (χ1v) is 11.4. The van der Waals surface area contributed by atoms with Crippen molar-refractivity contribution in [1.29, 1.82) is 0 Å². The molecule has 3 N–H and O–H groups in total. The molecule has 0 saturated carbocycles. The third kappa shape index (κ3) is 6.83. The largest absolute Gasteiger partial charge is 0.346 e. The van der Waals surface area contributed by atoms with E-state index in [1.807, 2.05) is 62.4 Å². The van der Waals surface area contributed by atoms with E-state index in [0.29, 0.717) is 5.02 Å². The number of rotatable bonds is 8. The van der Waals surface area contributed by atoms with Crippen molar-refractivity contribution >= 4 is 40.9 Å². The monoisotopic (exact) mass is 497 g/mol. The zero-order chi connectivity index (χ0) is 24.7. The van der Waals surface area contributed by atoms with Gasteiger partial charge in [-0.15, -0.1) is 0 Å². The van der Waals surface area contributed by atoms with Gasteiger partial charge < -0.3 is 16.0 Å². The van der Waals surface area contributed by atoms with E-state index in [1.165, 1.54) is 18.2 Å². The molecule has 3 amide bonds. The fraction of sp³-hybridized carbons (Fsp3) is 0.192. The smallest absolute Gasteiger partial charge is 0.253 e. The molecule has 0 heterocycles. The summed E-state index contributed by atoms with van der Waals surface area (Å²) >= 11 is 11.8. The van der Waals surface area contributed by atoms with Crippen LogP contribution in [0.1, 0.15) is 38.7 Å². The van der Waals surface area contributed by atoms with Crippen molar-refractivity contribution in [3.8, 4) is 0 Å². The lowest BCUT2D eigenvalue weighted by Gasteiger charge is -2.21. The highest BCUT2D eigenvalue weighted by Crippen LogP contribution is 2.24. The second-order valence-electron chi connectivity index (χ2n) is 7.84. The van der Waals surface area contributed by atoms with E-state index >= 15 is 0 Å². The number of halogens is 2. The quantitative estimate of drug-likeness (QED) is 0.431. The van der Waals surface area contributed by atoms with Crippen LogP contribution >= 0.6 is 23.2 Å². The number of nitrogens with one attached hydrogen (secondary N) is 3. The molecule has 176 valence electrons. The lowest BCUT2D eigenvalue weighted by molar-refractivity contribution is -0.125. The summed E-state index contributed by atoms with van der Waals surface area (Å²) in [7, 11) is 0. The summed E-state index contributed by atoms with van der Waals surface area (Å²) in [5, 5.41) is 8.57. The van der Waals surface area contributed by atoms with Crippen molar-refractivity contribution in [3.05, 3.63) is 105 Å². The third-order valence-corrected chi connectivity index (χ3v) is 5.88. The zero-order valence-corrected chi connectivity index (χ0v) is 20.3. The van der Waals surface area contributed by atoms with Gasteiger partial charge in [0.05, 0.1) is 29.7 Å². The Morgan fingerprint density at radius 1 is 0.765 bits per heavy atom. The number of amides is 3. The van der Waals surface area contributed by atoms with Crippen LogP contribution in [0.5, 0.6) is 0 Å². The number of aryl methyl sites for hydroxylation is 2. The molecule has 0 spiro atoms. The molecule has 3 rings (SSSR count).